The standard InChI is InChI=1S/C21H26N4O3/c1-28-19-5-3-2-4-18(19)21(27)23-16-8-10-24(11-9-16)17-12-20(26)25(22-13-17)14-15-6-7-15/h2-5,12-13,15-16H,6-11,14H2,1H3,(H,23,27). The van der Waals surface area contributed by atoms with E-state index < -0.39 is 0 Å². The van der Waals surface area contributed by atoms with Crippen LogP contribution in [-0.2, 0) is 6.54 Å². The number of amides is 1. The van der Waals surface area contributed by atoms with Crippen molar-refractivity contribution in [1.82, 2.24) is 15.1 Å². The minimum absolute atomic E-state index is 0.0315. The second-order valence-corrected chi connectivity index (χ2v) is 7.61. The van der Waals surface area contributed by atoms with Crippen molar-refractivity contribution in [3.8, 4) is 5.75 Å². The number of piperidine rings is 1. The summed E-state index contributed by atoms with van der Waals surface area (Å²) in [6.45, 7) is 2.30. The molecule has 1 aromatic carbocycles. The molecule has 2 aliphatic rings. The number of ether oxygens (including phenoxy) is 1. The number of carbonyl (C=O) groups excluding carboxylic acids is 1. The summed E-state index contributed by atoms with van der Waals surface area (Å²) in [6, 6.07) is 9.03. The molecule has 0 atom stereocenters. The zero-order valence-corrected chi connectivity index (χ0v) is 16.1. The number of hydrogen-bond donors (Lipinski definition) is 1. The third kappa shape index (κ3) is 4.18. The summed E-state index contributed by atoms with van der Waals surface area (Å²) in [7, 11) is 1.57. The highest BCUT2D eigenvalue weighted by Crippen LogP contribution is 2.30. The van der Waals surface area contributed by atoms with Crippen molar-refractivity contribution in [2.24, 2.45) is 5.92 Å². The van der Waals surface area contributed by atoms with E-state index in [1.165, 1.54) is 12.8 Å². The van der Waals surface area contributed by atoms with Gasteiger partial charge in [-0.25, -0.2) is 4.68 Å². The Morgan fingerprint density at radius 1 is 1.21 bits per heavy atom. The number of para-hydroxylation sites is 1. The Kier molecular flexibility index (Phi) is 5.32. The summed E-state index contributed by atoms with van der Waals surface area (Å²) in [4.78, 5) is 27.0. The van der Waals surface area contributed by atoms with E-state index in [-0.39, 0.29) is 17.5 Å². The highest BCUT2D eigenvalue weighted by atomic mass is 16.5. The lowest BCUT2D eigenvalue weighted by Crippen LogP contribution is -2.45. The van der Waals surface area contributed by atoms with Gasteiger partial charge in [0.2, 0.25) is 0 Å². The normalized spacial score (nSPS) is 17.4. The molecule has 148 valence electrons. The first kappa shape index (κ1) is 18.5. The lowest BCUT2D eigenvalue weighted by atomic mass is 10.0. The second kappa shape index (κ2) is 8.04. The number of methoxy groups -OCH3 is 1. The minimum Gasteiger partial charge on any atom is -0.496 e. The third-order valence-electron chi connectivity index (χ3n) is 5.53. The molecule has 0 unspecified atom stereocenters. The number of hydrogen-bond acceptors (Lipinski definition) is 5. The molecule has 4 rings (SSSR count). The predicted octanol–water partition coefficient (Wildman–Crippen LogP) is 2.06. The number of benzene rings is 1. The van der Waals surface area contributed by atoms with Crippen LogP contribution in [0.4, 0.5) is 5.69 Å². The minimum atomic E-state index is -0.111. The molecular formula is C21H26N4O3. The summed E-state index contributed by atoms with van der Waals surface area (Å²) in [6.07, 6.45) is 5.84. The Morgan fingerprint density at radius 2 is 1.96 bits per heavy atom. The number of carbonyl (C=O) groups is 1. The first-order valence-electron chi connectivity index (χ1n) is 9.90. The van der Waals surface area contributed by atoms with Crippen molar-refractivity contribution < 1.29 is 9.53 Å². The van der Waals surface area contributed by atoms with Gasteiger partial charge in [0.25, 0.3) is 11.5 Å². The van der Waals surface area contributed by atoms with Gasteiger partial charge in [0.15, 0.2) is 0 Å². The summed E-state index contributed by atoms with van der Waals surface area (Å²) in [5, 5.41) is 7.44. The third-order valence-corrected chi connectivity index (χ3v) is 5.53. The molecule has 0 spiro atoms. The molecule has 2 aromatic rings. The van der Waals surface area contributed by atoms with Crippen molar-refractivity contribution in [2.45, 2.75) is 38.3 Å². The molecule has 1 saturated heterocycles. The maximum atomic E-state index is 12.6. The Balaban J connectivity index is 1.33. The number of aromatic nitrogens is 2. The lowest BCUT2D eigenvalue weighted by molar-refractivity contribution is 0.0928. The highest BCUT2D eigenvalue weighted by Gasteiger charge is 2.25. The lowest BCUT2D eigenvalue weighted by Gasteiger charge is -2.33. The largest absolute Gasteiger partial charge is 0.496 e. The molecule has 1 amide bonds. The maximum absolute atomic E-state index is 12.6. The first-order chi connectivity index (χ1) is 13.6. The van der Waals surface area contributed by atoms with Gasteiger partial charge < -0.3 is 15.0 Å². The van der Waals surface area contributed by atoms with Crippen LogP contribution in [0.2, 0.25) is 0 Å². The Hall–Kier alpha value is -2.83. The van der Waals surface area contributed by atoms with Crippen LogP contribution < -0.4 is 20.5 Å². The maximum Gasteiger partial charge on any atom is 0.268 e. The van der Waals surface area contributed by atoms with Crippen LogP contribution in [0.15, 0.2) is 41.3 Å². The molecule has 1 saturated carbocycles. The van der Waals surface area contributed by atoms with Gasteiger partial charge in [0.1, 0.15) is 5.75 Å². The topological polar surface area (TPSA) is 76.5 Å². The van der Waals surface area contributed by atoms with Gasteiger partial charge in [-0.2, -0.15) is 5.10 Å². The fourth-order valence-corrected chi connectivity index (χ4v) is 3.66. The number of nitrogens with zero attached hydrogens (tertiary/aromatic N) is 3. The van der Waals surface area contributed by atoms with E-state index in [0.717, 1.165) is 38.2 Å². The number of rotatable bonds is 6. The Morgan fingerprint density at radius 3 is 2.64 bits per heavy atom. The van der Waals surface area contributed by atoms with Crippen LogP contribution in [0.5, 0.6) is 5.75 Å². The van der Waals surface area contributed by atoms with E-state index in [1.54, 1.807) is 36.2 Å². The molecule has 7 nitrogen and oxygen atoms in total. The quantitative estimate of drug-likeness (QED) is 0.828. The van der Waals surface area contributed by atoms with Crippen LogP contribution >= 0.6 is 0 Å². The molecule has 1 aromatic heterocycles. The summed E-state index contributed by atoms with van der Waals surface area (Å²) in [5.41, 5.74) is 1.39. The van der Waals surface area contributed by atoms with Crippen LogP contribution in [0.3, 0.4) is 0 Å². The van der Waals surface area contributed by atoms with Crippen LogP contribution in [0.25, 0.3) is 0 Å². The van der Waals surface area contributed by atoms with E-state index in [4.69, 9.17) is 4.74 Å². The van der Waals surface area contributed by atoms with Gasteiger partial charge in [-0.15, -0.1) is 0 Å². The molecule has 0 bridgehead atoms. The monoisotopic (exact) mass is 382 g/mol. The van der Waals surface area contributed by atoms with Gasteiger partial charge in [-0.1, -0.05) is 12.1 Å². The van der Waals surface area contributed by atoms with Crippen molar-refractivity contribution in [3.05, 3.63) is 52.4 Å². The van der Waals surface area contributed by atoms with Crippen molar-refractivity contribution in [1.29, 1.82) is 0 Å². The fourth-order valence-electron chi connectivity index (χ4n) is 3.66. The fraction of sp³-hybridized carbons (Fsp3) is 0.476. The summed E-state index contributed by atoms with van der Waals surface area (Å²) in [5.74, 6) is 1.09. The van der Waals surface area contributed by atoms with Gasteiger partial charge >= 0.3 is 0 Å². The van der Waals surface area contributed by atoms with E-state index >= 15 is 0 Å². The average Bonchev–Trinajstić information content (AvgIpc) is 3.54. The molecular weight excluding hydrogens is 356 g/mol. The molecule has 2 heterocycles. The summed E-state index contributed by atoms with van der Waals surface area (Å²) < 4.78 is 6.84. The van der Waals surface area contributed by atoms with Crippen molar-refractivity contribution in [3.63, 3.8) is 0 Å². The van der Waals surface area contributed by atoms with Gasteiger partial charge in [-0.3, -0.25) is 9.59 Å². The Bertz CT molecular complexity index is 899. The molecule has 1 aliphatic heterocycles. The molecule has 1 aliphatic carbocycles. The number of anilines is 1. The van der Waals surface area contributed by atoms with Crippen LogP contribution in [0.1, 0.15) is 36.0 Å². The van der Waals surface area contributed by atoms with E-state index in [9.17, 15) is 9.59 Å². The predicted molar refractivity (Wildman–Crippen MR) is 107 cm³/mol. The van der Waals surface area contributed by atoms with E-state index in [1.807, 2.05) is 12.1 Å². The second-order valence-electron chi connectivity index (χ2n) is 7.61. The SMILES string of the molecule is COc1ccccc1C(=O)NC1CCN(c2cnn(CC3CC3)c(=O)c2)CC1. The zero-order chi connectivity index (χ0) is 19.5. The van der Waals surface area contributed by atoms with Gasteiger partial charge in [-0.05, 0) is 43.7 Å². The molecule has 0 radical (unpaired) electrons. The molecule has 2 fully saturated rings. The molecule has 1 N–H and O–H groups in total. The van der Waals surface area contributed by atoms with Crippen LogP contribution in [0, 0.1) is 5.92 Å². The zero-order valence-electron chi connectivity index (χ0n) is 16.1. The van der Waals surface area contributed by atoms with Crippen molar-refractivity contribution in [2.75, 3.05) is 25.1 Å². The smallest absolute Gasteiger partial charge is 0.268 e. The highest BCUT2D eigenvalue weighted by molar-refractivity contribution is 5.97. The Labute approximate surface area is 164 Å². The first-order valence-corrected chi connectivity index (χ1v) is 9.90. The van der Waals surface area contributed by atoms with Gasteiger partial charge in [0.05, 0.1) is 24.6 Å². The number of nitrogens with one attached hydrogen (secondary N) is 1. The average molecular weight is 382 g/mol. The van der Waals surface area contributed by atoms with E-state index in [2.05, 4.69) is 15.3 Å². The molecule has 7 heteroatoms. The summed E-state index contributed by atoms with van der Waals surface area (Å²) >= 11 is 0. The van der Waals surface area contributed by atoms with Crippen LogP contribution in [-0.4, -0.2) is 41.9 Å². The molecule has 28 heavy (non-hydrogen) atoms. The van der Waals surface area contributed by atoms with Gasteiger partial charge in [0, 0.05) is 31.7 Å². The van der Waals surface area contributed by atoms with Crippen molar-refractivity contribution >= 4 is 11.6 Å². The van der Waals surface area contributed by atoms with E-state index in [0.29, 0.717) is 17.2 Å².